The van der Waals surface area contributed by atoms with E-state index < -0.39 is 5.82 Å². The molecule has 0 bridgehead atoms. The van der Waals surface area contributed by atoms with Crippen molar-refractivity contribution in [3.8, 4) is 0 Å². The maximum Gasteiger partial charge on any atom is 0.147 e. The Morgan fingerprint density at radius 2 is 1.94 bits per heavy atom. The van der Waals surface area contributed by atoms with Crippen LogP contribution in [0.15, 0.2) is 41.5 Å². The number of nitrogens with one attached hydrogen (secondary N) is 1. The molecule has 1 aromatic carbocycles. The molecular weight excluding hydrogens is 276 g/mol. The summed E-state index contributed by atoms with van der Waals surface area (Å²) in [5, 5.41) is 4.49. The lowest BCUT2D eigenvalue weighted by Crippen LogP contribution is -1.95. The Kier molecular flexibility index (Phi) is 4.12. The van der Waals surface area contributed by atoms with Gasteiger partial charge in [-0.1, -0.05) is 35.3 Å². The van der Waals surface area contributed by atoms with Crippen LogP contribution in [-0.2, 0) is 0 Å². The maximum absolute atomic E-state index is 13.4. The number of rotatable bonds is 3. The predicted molar refractivity (Wildman–Crippen MR) is 71.9 cm³/mol. The molecule has 0 amide bonds. The van der Waals surface area contributed by atoms with Crippen molar-refractivity contribution >= 4 is 35.2 Å². The Bertz CT molecular complexity index is 567. The molecule has 1 N–H and O–H groups in total. The first kappa shape index (κ1) is 12.8. The standard InChI is InChI=1S/C12H8Cl2FN3/c13-9-3-1-4-10(15)8(9)7-16-18-12-6-2-5-11(14)17-12/h1-7H,(H,17,18)/b16-7+. The first-order valence-corrected chi connectivity index (χ1v) is 5.78. The molecule has 0 atom stereocenters. The molecule has 0 fully saturated rings. The van der Waals surface area contributed by atoms with Crippen LogP contribution in [0.3, 0.4) is 0 Å². The van der Waals surface area contributed by atoms with Crippen molar-refractivity contribution in [1.82, 2.24) is 4.98 Å². The highest BCUT2D eigenvalue weighted by molar-refractivity contribution is 6.33. The Morgan fingerprint density at radius 3 is 2.67 bits per heavy atom. The van der Waals surface area contributed by atoms with E-state index in [1.54, 1.807) is 24.3 Å². The number of halogens is 3. The average Bonchev–Trinajstić information content (AvgIpc) is 2.33. The van der Waals surface area contributed by atoms with Gasteiger partial charge in [0, 0.05) is 5.56 Å². The molecule has 92 valence electrons. The Hall–Kier alpha value is -1.65. The number of hydrogen-bond donors (Lipinski definition) is 1. The SMILES string of the molecule is Fc1cccc(Cl)c1/C=N/Nc1cccc(Cl)n1. The van der Waals surface area contributed by atoms with Gasteiger partial charge in [-0.25, -0.2) is 9.37 Å². The van der Waals surface area contributed by atoms with Crippen molar-refractivity contribution in [2.75, 3.05) is 5.43 Å². The highest BCUT2D eigenvalue weighted by Crippen LogP contribution is 2.16. The van der Waals surface area contributed by atoms with Crippen LogP contribution in [0.25, 0.3) is 0 Å². The van der Waals surface area contributed by atoms with Crippen molar-refractivity contribution < 1.29 is 4.39 Å². The zero-order chi connectivity index (χ0) is 13.0. The van der Waals surface area contributed by atoms with Crippen molar-refractivity contribution in [3.05, 3.63) is 58.0 Å². The quantitative estimate of drug-likeness (QED) is 0.526. The van der Waals surface area contributed by atoms with Crippen LogP contribution in [0.1, 0.15) is 5.56 Å². The minimum Gasteiger partial charge on any atom is -0.261 e. The molecule has 2 aromatic rings. The molecule has 6 heteroatoms. The van der Waals surface area contributed by atoms with Crippen LogP contribution in [0.2, 0.25) is 10.2 Å². The summed E-state index contributed by atoms with van der Waals surface area (Å²) in [5.74, 6) is 0.0262. The van der Waals surface area contributed by atoms with E-state index in [9.17, 15) is 4.39 Å². The molecule has 0 aliphatic heterocycles. The molecule has 18 heavy (non-hydrogen) atoms. The van der Waals surface area contributed by atoms with Crippen LogP contribution >= 0.6 is 23.2 Å². The number of aromatic nitrogens is 1. The summed E-state index contributed by atoms with van der Waals surface area (Å²) in [6, 6.07) is 9.48. The third kappa shape index (κ3) is 3.18. The largest absolute Gasteiger partial charge is 0.261 e. The molecule has 0 aliphatic rings. The summed E-state index contributed by atoms with van der Waals surface area (Å²) in [7, 11) is 0. The zero-order valence-corrected chi connectivity index (χ0v) is 10.6. The maximum atomic E-state index is 13.4. The number of pyridine rings is 1. The monoisotopic (exact) mass is 283 g/mol. The van der Waals surface area contributed by atoms with E-state index >= 15 is 0 Å². The second-order valence-electron chi connectivity index (χ2n) is 3.35. The normalized spacial score (nSPS) is 10.8. The highest BCUT2D eigenvalue weighted by Gasteiger charge is 2.03. The van der Waals surface area contributed by atoms with Crippen LogP contribution in [0, 0.1) is 5.82 Å². The fourth-order valence-electron chi connectivity index (χ4n) is 1.27. The van der Waals surface area contributed by atoms with Gasteiger partial charge in [0.1, 0.15) is 16.8 Å². The van der Waals surface area contributed by atoms with Gasteiger partial charge in [0.25, 0.3) is 0 Å². The van der Waals surface area contributed by atoms with Crippen molar-refractivity contribution in [1.29, 1.82) is 0 Å². The van der Waals surface area contributed by atoms with E-state index in [-0.39, 0.29) is 5.56 Å². The van der Waals surface area contributed by atoms with E-state index in [0.717, 1.165) is 0 Å². The number of hydrogen-bond acceptors (Lipinski definition) is 3. The average molecular weight is 284 g/mol. The lowest BCUT2D eigenvalue weighted by molar-refractivity contribution is 0.626. The van der Waals surface area contributed by atoms with Crippen LogP contribution in [0.5, 0.6) is 0 Å². The Balaban J connectivity index is 2.12. The number of nitrogens with zero attached hydrogens (tertiary/aromatic N) is 2. The van der Waals surface area contributed by atoms with Gasteiger partial charge in [0.15, 0.2) is 0 Å². The van der Waals surface area contributed by atoms with E-state index in [0.29, 0.717) is 16.0 Å². The Morgan fingerprint density at radius 1 is 1.17 bits per heavy atom. The second-order valence-corrected chi connectivity index (χ2v) is 4.15. The molecule has 0 radical (unpaired) electrons. The number of anilines is 1. The minimum atomic E-state index is -0.438. The lowest BCUT2D eigenvalue weighted by atomic mass is 10.2. The van der Waals surface area contributed by atoms with Crippen LogP contribution < -0.4 is 5.43 Å². The fraction of sp³-hybridized carbons (Fsp3) is 0. The smallest absolute Gasteiger partial charge is 0.147 e. The molecule has 1 aromatic heterocycles. The number of benzene rings is 1. The van der Waals surface area contributed by atoms with Gasteiger partial charge in [0.2, 0.25) is 0 Å². The Labute approximate surface area is 113 Å². The van der Waals surface area contributed by atoms with Gasteiger partial charge >= 0.3 is 0 Å². The van der Waals surface area contributed by atoms with E-state index in [1.165, 1.54) is 18.3 Å². The molecule has 0 aliphatic carbocycles. The molecule has 2 rings (SSSR count). The second kappa shape index (κ2) is 5.80. The third-order valence-corrected chi connectivity index (χ3v) is 2.63. The van der Waals surface area contributed by atoms with Gasteiger partial charge in [-0.15, -0.1) is 0 Å². The van der Waals surface area contributed by atoms with Gasteiger partial charge in [-0.05, 0) is 24.3 Å². The highest BCUT2D eigenvalue weighted by atomic mass is 35.5. The summed E-state index contributed by atoms with van der Waals surface area (Å²) in [5.41, 5.74) is 2.85. The molecule has 0 saturated carbocycles. The molecule has 0 unspecified atom stereocenters. The summed E-state index contributed by atoms with van der Waals surface area (Å²) in [6.45, 7) is 0. The molecular formula is C12H8Cl2FN3. The van der Waals surface area contributed by atoms with Crippen LogP contribution in [0.4, 0.5) is 10.2 Å². The number of hydrazone groups is 1. The summed E-state index contributed by atoms with van der Waals surface area (Å²) >= 11 is 11.5. The minimum absolute atomic E-state index is 0.216. The third-order valence-electron chi connectivity index (χ3n) is 2.09. The molecule has 3 nitrogen and oxygen atoms in total. The van der Waals surface area contributed by atoms with E-state index in [1.807, 2.05) is 0 Å². The first-order valence-electron chi connectivity index (χ1n) is 5.02. The van der Waals surface area contributed by atoms with Crippen molar-refractivity contribution in [3.63, 3.8) is 0 Å². The van der Waals surface area contributed by atoms with E-state index in [2.05, 4.69) is 15.5 Å². The molecule has 0 spiro atoms. The van der Waals surface area contributed by atoms with Gasteiger partial charge in [-0.2, -0.15) is 5.10 Å². The summed E-state index contributed by atoms with van der Waals surface area (Å²) in [4.78, 5) is 3.96. The topological polar surface area (TPSA) is 37.3 Å². The van der Waals surface area contributed by atoms with Crippen molar-refractivity contribution in [2.45, 2.75) is 0 Å². The predicted octanol–water partition coefficient (Wildman–Crippen LogP) is 3.97. The van der Waals surface area contributed by atoms with Crippen LogP contribution in [-0.4, -0.2) is 11.2 Å². The lowest BCUT2D eigenvalue weighted by Gasteiger charge is -2.01. The zero-order valence-electron chi connectivity index (χ0n) is 9.07. The molecule has 0 saturated heterocycles. The van der Waals surface area contributed by atoms with Gasteiger partial charge < -0.3 is 0 Å². The summed E-state index contributed by atoms with van der Waals surface area (Å²) in [6.07, 6.45) is 1.29. The summed E-state index contributed by atoms with van der Waals surface area (Å²) < 4.78 is 13.4. The molecule has 1 heterocycles. The first-order chi connectivity index (χ1) is 8.66. The van der Waals surface area contributed by atoms with Crippen molar-refractivity contribution in [2.24, 2.45) is 5.10 Å². The van der Waals surface area contributed by atoms with Gasteiger partial charge in [0.05, 0.1) is 11.2 Å². The van der Waals surface area contributed by atoms with E-state index in [4.69, 9.17) is 23.2 Å². The fourth-order valence-corrected chi connectivity index (χ4v) is 1.64. The van der Waals surface area contributed by atoms with Gasteiger partial charge in [-0.3, -0.25) is 5.43 Å².